The standard InChI is InChI=1S/C22H22N2O5/c1-13-8-6-7-11-15(13)18-16-17(22(12-25,23-18)21(28)29-2)20(27)24(19(16)26)14-9-4-3-5-10-14/h3-11,16-18,23,25H,12H2,1-2H3. The Morgan fingerprint density at radius 3 is 2.38 bits per heavy atom. The Hall–Kier alpha value is -3.03. The number of aliphatic hydroxyl groups is 1. The Bertz CT molecular complexity index is 976. The summed E-state index contributed by atoms with van der Waals surface area (Å²) in [6.45, 7) is 1.24. The van der Waals surface area contributed by atoms with Crippen LogP contribution in [0, 0.1) is 18.8 Å². The van der Waals surface area contributed by atoms with Crippen LogP contribution in [0.3, 0.4) is 0 Å². The molecule has 7 nitrogen and oxygen atoms in total. The molecule has 4 rings (SSSR count). The molecule has 0 aromatic heterocycles. The number of aryl methyl sites for hydroxylation is 1. The van der Waals surface area contributed by atoms with Crippen LogP contribution >= 0.6 is 0 Å². The van der Waals surface area contributed by atoms with E-state index in [0.29, 0.717) is 5.69 Å². The second-order valence-electron chi connectivity index (χ2n) is 7.45. The number of carbonyl (C=O) groups is 3. The van der Waals surface area contributed by atoms with Gasteiger partial charge in [-0.25, -0.2) is 9.69 Å². The van der Waals surface area contributed by atoms with E-state index in [1.807, 2.05) is 31.2 Å². The molecule has 2 amide bonds. The number of carbonyl (C=O) groups excluding carboxylic acids is 3. The molecule has 2 aromatic carbocycles. The number of aliphatic hydroxyl groups excluding tert-OH is 1. The van der Waals surface area contributed by atoms with Crippen LogP contribution in [0.1, 0.15) is 17.2 Å². The highest BCUT2D eigenvalue weighted by atomic mass is 16.5. The first-order valence-corrected chi connectivity index (χ1v) is 9.41. The number of fused-ring (bicyclic) bond motifs is 1. The average Bonchev–Trinajstić information content (AvgIpc) is 3.23. The maximum Gasteiger partial charge on any atom is 0.329 e. The number of hydrogen-bond acceptors (Lipinski definition) is 6. The van der Waals surface area contributed by atoms with E-state index in [-0.39, 0.29) is 0 Å². The zero-order valence-electron chi connectivity index (χ0n) is 16.2. The predicted molar refractivity (Wildman–Crippen MR) is 105 cm³/mol. The number of anilines is 1. The second kappa shape index (κ2) is 7.09. The van der Waals surface area contributed by atoms with Crippen LogP contribution in [-0.2, 0) is 19.1 Å². The van der Waals surface area contributed by atoms with Crippen molar-refractivity contribution >= 4 is 23.5 Å². The van der Waals surface area contributed by atoms with E-state index in [0.717, 1.165) is 16.0 Å². The van der Waals surface area contributed by atoms with Gasteiger partial charge in [0.25, 0.3) is 0 Å². The van der Waals surface area contributed by atoms with Crippen LogP contribution in [-0.4, -0.2) is 42.1 Å². The lowest BCUT2D eigenvalue weighted by atomic mass is 9.79. The highest BCUT2D eigenvalue weighted by Gasteiger charge is 2.69. The summed E-state index contributed by atoms with van der Waals surface area (Å²) in [4.78, 5) is 40.7. The average molecular weight is 394 g/mol. The third kappa shape index (κ3) is 2.69. The van der Waals surface area contributed by atoms with Gasteiger partial charge in [0.15, 0.2) is 5.54 Å². The second-order valence-corrected chi connectivity index (χ2v) is 7.45. The van der Waals surface area contributed by atoms with Gasteiger partial charge < -0.3 is 9.84 Å². The zero-order valence-corrected chi connectivity index (χ0v) is 16.2. The van der Waals surface area contributed by atoms with Gasteiger partial charge in [-0.05, 0) is 30.2 Å². The van der Waals surface area contributed by atoms with Gasteiger partial charge in [-0.1, -0.05) is 42.5 Å². The number of benzene rings is 2. The summed E-state index contributed by atoms with van der Waals surface area (Å²) in [5.41, 5.74) is 0.471. The molecule has 2 fully saturated rings. The number of esters is 1. The van der Waals surface area contributed by atoms with E-state index in [1.54, 1.807) is 30.3 Å². The van der Waals surface area contributed by atoms with Gasteiger partial charge in [0, 0.05) is 6.04 Å². The molecule has 2 aliphatic rings. The summed E-state index contributed by atoms with van der Waals surface area (Å²) in [5.74, 6) is -3.59. The minimum Gasteiger partial charge on any atom is -0.468 e. The quantitative estimate of drug-likeness (QED) is 0.600. The molecule has 0 saturated carbocycles. The lowest BCUT2D eigenvalue weighted by Gasteiger charge is -2.30. The maximum atomic E-state index is 13.4. The van der Waals surface area contributed by atoms with Crippen molar-refractivity contribution in [3.8, 4) is 0 Å². The molecule has 0 radical (unpaired) electrons. The maximum absolute atomic E-state index is 13.4. The van der Waals surface area contributed by atoms with Crippen LogP contribution in [0.25, 0.3) is 0 Å². The smallest absolute Gasteiger partial charge is 0.329 e. The Kier molecular flexibility index (Phi) is 4.72. The van der Waals surface area contributed by atoms with Crippen molar-refractivity contribution in [1.29, 1.82) is 0 Å². The van der Waals surface area contributed by atoms with Crippen molar-refractivity contribution in [3.63, 3.8) is 0 Å². The van der Waals surface area contributed by atoms with Crippen LogP contribution in [0.2, 0.25) is 0 Å². The number of methoxy groups -OCH3 is 1. The molecular formula is C22H22N2O5. The lowest BCUT2D eigenvalue weighted by molar-refractivity contribution is -0.154. The number of rotatable bonds is 4. The van der Waals surface area contributed by atoms with E-state index in [2.05, 4.69) is 5.32 Å². The van der Waals surface area contributed by atoms with E-state index < -0.39 is 47.8 Å². The molecule has 2 aliphatic heterocycles. The third-order valence-corrected chi connectivity index (χ3v) is 5.99. The Balaban J connectivity index is 1.88. The number of ether oxygens (including phenoxy) is 1. The van der Waals surface area contributed by atoms with Crippen LogP contribution in [0.5, 0.6) is 0 Å². The minimum atomic E-state index is -1.69. The van der Waals surface area contributed by atoms with Gasteiger partial charge in [-0.3, -0.25) is 14.9 Å². The van der Waals surface area contributed by atoms with Crippen LogP contribution in [0.4, 0.5) is 5.69 Å². The molecule has 150 valence electrons. The Labute approximate surface area is 168 Å². The van der Waals surface area contributed by atoms with Gasteiger partial charge in [0.2, 0.25) is 11.8 Å². The Morgan fingerprint density at radius 2 is 1.76 bits per heavy atom. The number of para-hydroxylation sites is 1. The zero-order chi connectivity index (χ0) is 20.8. The molecule has 0 bridgehead atoms. The number of hydrogen-bond donors (Lipinski definition) is 2. The van der Waals surface area contributed by atoms with Crippen molar-refractivity contribution in [1.82, 2.24) is 5.32 Å². The van der Waals surface area contributed by atoms with E-state index in [4.69, 9.17) is 4.74 Å². The predicted octanol–water partition coefficient (Wildman–Crippen LogP) is 1.35. The number of nitrogens with one attached hydrogen (secondary N) is 1. The SMILES string of the molecule is COC(=O)C1(CO)NC(c2ccccc2C)C2C(=O)N(c3ccccc3)C(=O)C21. The molecule has 2 heterocycles. The molecule has 2 aromatic rings. The highest BCUT2D eigenvalue weighted by molar-refractivity contribution is 6.24. The largest absolute Gasteiger partial charge is 0.468 e. The van der Waals surface area contributed by atoms with Crippen LogP contribution < -0.4 is 10.2 Å². The van der Waals surface area contributed by atoms with Crippen molar-refractivity contribution in [3.05, 3.63) is 65.7 Å². The number of imide groups is 1. The fourth-order valence-electron chi connectivity index (χ4n) is 4.62. The summed E-state index contributed by atoms with van der Waals surface area (Å²) >= 11 is 0. The first-order chi connectivity index (χ1) is 14.0. The third-order valence-electron chi connectivity index (χ3n) is 5.99. The van der Waals surface area contributed by atoms with Crippen molar-refractivity contribution in [2.75, 3.05) is 18.6 Å². The molecular weight excluding hydrogens is 372 g/mol. The number of nitrogens with zero attached hydrogens (tertiary/aromatic N) is 1. The first-order valence-electron chi connectivity index (χ1n) is 9.41. The van der Waals surface area contributed by atoms with Crippen molar-refractivity contribution in [2.24, 2.45) is 11.8 Å². The first kappa shape index (κ1) is 19.3. The van der Waals surface area contributed by atoms with Gasteiger partial charge in [-0.2, -0.15) is 0 Å². The topological polar surface area (TPSA) is 95.9 Å². The molecule has 0 aliphatic carbocycles. The molecule has 7 heteroatoms. The lowest BCUT2D eigenvalue weighted by Crippen LogP contribution is -2.59. The van der Waals surface area contributed by atoms with Gasteiger partial charge in [-0.15, -0.1) is 0 Å². The summed E-state index contributed by atoms with van der Waals surface area (Å²) in [6, 6.07) is 15.5. The summed E-state index contributed by atoms with van der Waals surface area (Å²) in [6.07, 6.45) is 0. The van der Waals surface area contributed by atoms with Gasteiger partial charge in [0.1, 0.15) is 0 Å². The van der Waals surface area contributed by atoms with Gasteiger partial charge in [0.05, 0.1) is 31.2 Å². The van der Waals surface area contributed by atoms with E-state index in [9.17, 15) is 19.5 Å². The molecule has 4 unspecified atom stereocenters. The number of amides is 2. The summed E-state index contributed by atoms with van der Waals surface area (Å²) in [5, 5.41) is 13.3. The van der Waals surface area contributed by atoms with Crippen molar-refractivity contribution in [2.45, 2.75) is 18.5 Å². The van der Waals surface area contributed by atoms with E-state index >= 15 is 0 Å². The monoisotopic (exact) mass is 394 g/mol. The highest BCUT2D eigenvalue weighted by Crippen LogP contribution is 2.50. The van der Waals surface area contributed by atoms with Crippen LogP contribution in [0.15, 0.2) is 54.6 Å². The van der Waals surface area contributed by atoms with E-state index in [1.165, 1.54) is 7.11 Å². The summed E-state index contributed by atoms with van der Waals surface area (Å²) in [7, 11) is 1.20. The molecule has 4 atom stereocenters. The fraction of sp³-hybridized carbons (Fsp3) is 0.318. The normalized spacial score (nSPS) is 28.5. The minimum absolute atomic E-state index is 0.397. The van der Waals surface area contributed by atoms with Crippen molar-refractivity contribution < 1.29 is 24.2 Å². The fourth-order valence-corrected chi connectivity index (χ4v) is 4.62. The molecule has 29 heavy (non-hydrogen) atoms. The van der Waals surface area contributed by atoms with Gasteiger partial charge >= 0.3 is 5.97 Å². The molecule has 0 spiro atoms. The molecule has 2 saturated heterocycles. The molecule has 2 N–H and O–H groups in total. The summed E-state index contributed by atoms with van der Waals surface area (Å²) < 4.78 is 4.93. The Morgan fingerprint density at radius 1 is 1.10 bits per heavy atom.